The van der Waals surface area contributed by atoms with Crippen molar-refractivity contribution in [1.82, 2.24) is 9.13 Å². The Morgan fingerprint density at radius 1 is 1.15 bits per heavy atom. The van der Waals surface area contributed by atoms with Crippen LogP contribution in [0.2, 0.25) is 0 Å². The lowest BCUT2D eigenvalue weighted by atomic mass is 9.97. The van der Waals surface area contributed by atoms with E-state index in [1.165, 1.54) is 24.6 Å². The maximum atomic E-state index is 14.0. The Hall–Kier alpha value is -4.55. The highest BCUT2D eigenvalue weighted by Gasteiger charge is 2.31. The lowest BCUT2D eigenvalue weighted by Crippen LogP contribution is -2.39. The van der Waals surface area contributed by atoms with Crippen molar-refractivity contribution in [3.63, 3.8) is 0 Å². The minimum atomic E-state index is -0.760. The van der Waals surface area contributed by atoms with Crippen LogP contribution in [0.4, 0.5) is 0 Å². The second kappa shape index (κ2) is 11.3. The predicted molar refractivity (Wildman–Crippen MR) is 155 cm³/mol. The Balaban J connectivity index is 1.73. The summed E-state index contributed by atoms with van der Waals surface area (Å²) in [7, 11) is 1.31. The minimum absolute atomic E-state index is 0.245. The van der Waals surface area contributed by atoms with Crippen LogP contribution in [-0.2, 0) is 16.1 Å². The molecule has 0 N–H and O–H groups in total. The normalized spacial score (nSPS) is 14.7. The van der Waals surface area contributed by atoms with Crippen LogP contribution in [0.5, 0.6) is 11.5 Å². The fourth-order valence-electron chi connectivity index (χ4n) is 5.05. The first kappa shape index (κ1) is 27.0. The summed E-state index contributed by atoms with van der Waals surface area (Å²) in [6.45, 7) is 7.09. The molecule has 1 aliphatic rings. The van der Waals surface area contributed by atoms with Gasteiger partial charge in [-0.25, -0.2) is 9.79 Å². The van der Waals surface area contributed by atoms with Crippen LogP contribution in [0.1, 0.15) is 36.7 Å². The molecule has 5 rings (SSSR count). The van der Waals surface area contributed by atoms with Crippen molar-refractivity contribution in [2.24, 2.45) is 4.99 Å². The van der Waals surface area contributed by atoms with Gasteiger partial charge < -0.3 is 18.8 Å². The van der Waals surface area contributed by atoms with Crippen molar-refractivity contribution in [2.45, 2.75) is 33.4 Å². The molecule has 2 aromatic carbocycles. The van der Waals surface area contributed by atoms with Crippen molar-refractivity contribution < 1.29 is 19.0 Å². The lowest BCUT2D eigenvalue weighted by Gasteiger charge is -2.23. The van der Waals surface area contributed by atoms with Crippen LogP contribution < -0.4 is 24.4 Å². The molecule has 0 aliphatic carbocycles. The molecule has 9 heteroatoms. The zero-order valence-corrected chi connectivity index (χ0v) is 23.6. The number of ether oxygens (including phenoxy) is 3. The maximum absolute atomic E-state index is 14.0. The van der Waals surface area contributed by atoms with E-state index in [1.54, 1.807) is 16.7 Å². The average Bonchev–Trinajstić information content (AvgIpc) is 3.42. The van der Waals surface area contributed by atoms with E-state index in [9.17, 15) is 9.59 Å². The molecular formula is C31H29N3O5S. The summed E-state index contributed by atoms with van der Waals surface area (Å²) in [4.78, 5) is 31.8. The van der Waals surface area contributed by atoms with E-state index < -0.39 is 12.0 Å². The summed E-state index contributed by atoms with van der Waals surface area (Å²) in [5.41, 5.74) is 3.54. The third kappa shape index (κ3) is 4.61. The molecule has 8 nitrogen and oxygen atoms in total. The van der Waals surface area contributed by atoms with Gasteiger partial charge >= 0.3 is 5.97 Å². The number of hydrogen-bond acceptors (Lipinski definition) is 7. The molecule has 0 bridgehead atoms. The van der Waals surface area contributed by atoms with E-state index >= 15 is 0 Å². The first-order chi connectivity index (χ1) is 19.4. The van der Waals surface area contributed by atoms with E-state index in [0.29, 0.717) is 46.2 Å². The quantitative estimate of drug-likeness (QED) is 0.245. The Morgan fingerprint density at radius 3 is 2.62 bits per heavy atom. The number of terminal acetylenes is 1. The van der Waals surface area contributed by atoms with Gasteiger partial charge in [-0.1, -0.05) is 41.5 Å². The second-order valence-corrected chi connectivity index (χ2v) is 10.1. The number of benzene rings is 2. The fourth-order valence-corrected chi connectivity index (χ4v) is 6.00. The van der Waals surface area contributed by atoms with Crippen molar-refractivity contribution in [1.29, 1.82) is 0 Å². The summed E-state index contributed by atoms with van der Waals surface area (Å²) in [5, 5.41) is 1.00. The Kier molecular flexibility index (Phi) is 7.63. The van der Waals surface area contributed by atoms with E-state index in [0.717, 1.165) is 22.2 Å². The number of fused-ring (bicyclic) bond motifs is 2. The largest absolute Gasteiger partial charge is 0.490 e. The van der Waals surface area contributed by atoms with Crippen LogP contribution >= 0.6 is 11.3 Å². The van der Waals surface area contributed by atoms with Gasteiger partial charge in [0.2, 0.25) is 0 Å². The van der Waals surface area contributed by atoms with E-state index in [2.05, 4.69) is 15.5 Å². The molecule has 1 atom stereocenters. The zero-order chi connectivity index (χ0) is 28.4. The van der Waals surface area contributed by atoms with E-state index in [-0.39, 0.29) is 11.1 Å². The highest BCUT2D eigenvalue weighted by molar-refractivity contribution is 7.07. The van der Waals surface area contributed by atoms with Gasteiger partial charge in [0, 0.05) is 28.4 Å². The van der Waals surface area contributed by atoms with Gasteiger partial charge in [0.05, 0.1) is 43.0 Å². The second-order valence-electron chi connectivity index (χ2n) is 9.05. The molecule has 0 fully saturated rings. The summed E-state index contributed by atoms with van der Waals surface area (Å²) in [5.74, 6) is 3.27. The number of carbonyl (C=O) groups is 1. The Labute approximate surface area is 235 Å². The Morgan fingerprint density at radius 2 is 1.90 bits per heavy atom. The van der Waals surface area contributed by atoms with Gasteiger partial charge in [-0.15, -0.1) is 6.42 Å². The lowest BCUT2D eigenvalue weighted by molar-refractivity contribution is -0.136. The van der Waals surface area contributed by atoms with Gasteiger partial charge in [-0.2, -0.15) is 0 Å². The van der Waals surface area contributed by atoms with Gasteiger partial charge in [0.15, 0.2) is 16.3 Å². The number of esters is 1. The van der Waals surface area contributed by atoms with Crippen molar-refractivity contribution in [3.8, 4) is 23.8 Å². The maximum Gasteiger partial charge on any atom is 0.337 e. The van der Waals surface area contributed by atoms with Crippen LogP contribution in [0.3, 0.4) is 0 Å². The SMILES string of the molecule is C#CCn1c(C)c(/C=c2/sc3n(c2=O)[C@H](c2ccc(OCC)c(OCC)c2)C(C(=O)OC)=CN=3)c2ccccc21. The number of nitrogens with zero attached hydrogens (tertiary/aromatic N) is 3. The van der Waals surface area contributed by atoms with Gasteiger partial charge in [-0.05, 0) is 50.6 Å². The van der Waals surface area contributed by atoms with E-state index in [1.807, 2.05) is 57.2 Å². The molecule has 204 valence electrons. The molecule has 3 heterocycles. The molecule has 0 unspecified atom stereocenters. The third-order valence-electron chi connectivity index (χ3n) is 6.81. The number of rotatable bonds is 8. The minimum Gasteiger partial charge on any atom is -0.490 e. The first-order valence-corrected chi connectivity index (χ1v) is 13.7. The van der Waals surface area contributed by atoms with Crippen LogP contribution in [0, 0.1) is 19.3 Å². The summed E-state index contributed by atoms with van der Waals surface area (Å²) in [6.07, 6.45) is 9.01. The molecule has 2 aromatic heterocycles. The predicted octanol–water partition coefficient (Wildman–Crippen LogP) is 3.71. The molecule has 0 spiro atoms. The number of aromatic nitrogens is 2. The molecule has 0 saturated heterocycles. The van der Waals surface area contributed by atoms with E-state index in [4.69, 9.17) is 20.6 Å². The number of carbonyl (C=O) groups excluding carboxylic acids is 1. The monoisotopic (exact) mass is 555 g/mol. The molecule has 4 aromatic rings. The number of para-hydroxylation sites is 1. The molecule has 0 saturated carbocycles. The number of thiazole rings is 1. The molecule has 40 heavy (non-hydrogen) atoms. The topological polar surface area (TPSA) is 84.0 Å². The van der Waals surface area contributed by atoms with Crippen molar-refractivity contribution >= 4 is 34.3 Å². The van der Waals surface area contributed by atoms with Crippen molar-refractivity contribution in [2.75, 3.05) is 20.3 Å². The highest BCUT2D eigenvalue weighted by Crippen LogP contribution is 2.35. The van der Waals surface area contributed by atoms with Crippen molar-refractivity contribution in [3.05, 3.63) is 90.7 Å². The third-order valence-corrected chi connectivity index (χ3v) is 7.81. The number of methoxy groups -OCH3 is 1. The Bertz CT molecular complexity index is 1870. The molecule has 0 amide bonds. The standard InChI is InChI=1S/C31H29N3O5S/c1-6-15-33-19(4)22(21-11-9-10-12-24(21)33)17-27-29(35)34-28(23(30(36)37-5)18-32-31(34)40-27)20-13-14-25(38-7-2)26(16-20)39-8-3/h1,9-14,16-18,28H,7-8,15H2,2-5H3/b27-17+/t28-/m1/s1. The average molecular weight is 556 g/mol. The van der Waals surface area contributed by atoms with Gasteiger partial charge in [-0.3, -0.25) is 9.36 Å². The van der Waals surface area contributed by atoms with Gasteiger partial charge in [0.25, 0.3) is 5.56 Å². The molecule has 0 radical (unpaired) electrons. The first-order valence-electron chi connectivity index (χ1n) is 12.9. The molecule has 1 aliphatic heterocycles. The fraction of sp³-hybridized carbons (Fsp3) is 0.258. The van der Waals surface area contributed by atoms with Gasteiger partial charge in [0.1, 0.15) is 0 Å². The van der Waals surface area contributed by atoms with Crippen LogP contribution in [-0.4, -0.2) is 35.4 Å². The summed E-state index contributed by atoms with van der Waals surface area (Å²) < 4.78 is 20.7. The molecular weight excluding hydrogens is 526 g/mol. The summed E-state index contributed by atoms with van der Waals surface area (Å²) in [6, 6.07) is 12.6. The van der Waals surface area contributed by atoms with Crippen LogP contribution in [0.15, 0.2) is 64.0 Å². The zero-order valence-electron chi connectivity index (χ0n) is 22.8. The highest BCUT2D eigenvalue weighted by atomic mass is 32.1. The summed E-state index contributed by atoms with van der Waals surface area (Å²) >= 11 is 1.27. The smallest absolute Gasteiger partial charge is 0.337 e. The van der Waals surface area contributed by atoms with Crippen LogP contribution in [0.25, 0.3) is 17.0 Å². The number of hydrogen-bond donors (Lipinski definition) is 0.